The van der Waals surface area contributed by atoms with Crippen LogP contribution in [0.15, 0.2) is 73.1 Å². The van der Waals surface area contributed by atoms with Crippen LogP contribution < -0.4 is 10.2 Å². The quantitative estimate of drug-likeness (QED) is 0.415. The van der Waals surface area contributed by atoms with Gasteiger partial charge in [-0.1, -0.05) is 0 Å². The molecule has 2 aromatic carbocycles. The molecule has 1 aliphatic rings. The van der Waals surface area contributed by atoms with Crippen molar-refractivity contribution in [2.24, 2.45) is 5.92 Å². The first-order chi connectivity index (χ1) is 17.4. The number of likely N-dealkylation sites (tertiary alicyclic amines) is 1. The topological polar surface area (TPSA) is 65.5 Å². The number of anilines is 2. The van der Waals surface area contributed by atoms with Gasteiger partial charge >= 0.3 is 0 Å². The number of pyridine rings is 1. The molecular formula is C29H33FN4O2. The van der Waals surface area contributed by atoms with E-state index < -0.39 is 0 Å². The van der Waals surface area contributed by atoms with Crippen LogP contribution in [0, 0.1) is 11.7 Å². The number of aromatic nitrogens is 1. The summed E-state index contributed by atoms with van der Waals surface area (Å²) >= 11 is 0. The first-order valence-electron chi connectivity index (χ1n) is 12.5. The number of halogens is 1. The minimum absolute atomic E-state index is 0.0549. The molecule has 1 aromatic heterocycles. The summed E-state index contributed by atoms with van der Waals surface area (Å²) in [6.45, 7) is 6.93. The Morgan fingerprint density at radius 3 is 2.31 bits per heavy atom. The van der Waals surface area contributed by atoms with Gasteiger partial charge in [0.05, 0.1) is 11.9 Å². The van der Waals surface area contributed by atoms with E-state index in [0.29, 0.717) is 30.3 Å². The Morgan fingerprint density at radius 2 is 1.69 bits per heavy atom. The fourth-order valence-electron chi connectivity index (χ4n) is 4.57. The van der Waals surface area contributed by atoms with E-state index in [4.69, 9.17) is 0 Å². The van der Waals surface area contributed by atoms with E-state index in [2.05, 4.69) is 29.0 Å². The van der Waals surface area contributed by atoms with E-state index in [9.17, 15) is 14.0 Å². The van der Waals surface area contributed by atoms with Gasteiger partial charge in [-0.2, -0.15) is 0 Å². The lowest BCUT2D eigenvalue weighted by Crippen LogP contribution is -2.43. The van der Waals surface area contributed by atoms with Crippen molar-refractivity contribution in [2.45, 2.75) is 32.7 Å². The molecule has 4 rings (SSSR count). The third-order valence-electron chi connectivity index (χ3n) is 6.52. The Balaban J connectivity index is 1.37. The van der Waals surface area contributed by atoms with Crippen molar-refractivity contribution < 1.29 is 14.0 Å². The number of benzene rings is 2. The Hall–Kier alpha value is -3.58. The zero-order valence-electron chi connectivity index (χ0n) is 20.9. The largest absolute Gasteiger partial charge is 0.383 e. The molecule has 1 amide bonds. The highest BCUT2D eigenvalue weighted by molar-refractivity contribution is 6.06. The highest BCUT2D eigenvalue weighted by atomic mass is 19.1. The summed E-state index contributed by atoms with van der Waals surface area (Å²) in [6.07, 6.45) is 4.91. The lowest BCUT2D eigenvalue weighted by molar-refractivity contribution is 0.0841. The molecule has 2 heterocycles. The number of nitrogens with one attached hydrogen (secondary N) is 1. The van der Waals surface area contributed by atoms with Crippen LogP contribution in [-0.4, -0.2) is 53.8 Å². The third-order valence-corrected chi connectivity index (χ3v) is 6.52. The van der Waals surface area contributed by atoms with Gasteiger partial charge in [-0.15, -0.1) is 0 Å². The highest BCUT2D eigenvalue weighted by Crippen LogP contribution is 2.23. The van der Waals surface area contributed by atoms with Crippen molar-refractivity contribution in [3.8, 4) is 0 Å². The molecule has 3 aromatic rings. The van der Waals surface area contributed by atoms with Crippen molar-refractivity contribution in [2.75, 3.05) is 36.4 Å². The Bertz CT molecular complexity index is 1140. The van der Waals surface area contributed by atoms with Crippen LogP contribution >= 0.6 is 0 Å². The fraction of sp³-hybridized carbons (Fsp3) is 0.345. The Kier molecular flexibility index (Phi) is 8.44. The molecule has 0 aliphatic carbocycles. The molecule has 0 spiro atoms. The normalized spacial score (nSPS) is 14.6. The van der Waals surface area contributed by atoms with Crippen molar-refractivity contribution in [1.82, 2.24) is 9.88 Å². The van der Waals surface area contributed by atoms with Crippen LogP contribution in [-0.2, 0) is 0 Å². The number of nitrogens with zero attached hydrogens (tertiary/aromatic N) is 3. The summed E-state index contributed by atoms with van der Waals surface area (Å²) in [6, 6.07) is 17.4. The number of amides is 1. The van der Waals surface area contributed by atoms with E-state index in [-0.39, 0.29) is 23.4 Å². The molecule has 6 nitrogen and oxygen atoms in total. The van der Waals surface area contributed by atoms with Crippen LogP contribution in [0.5, 0.6) is 0 Å². The van der Waals surface area contributed by atoms with Crippen LogP contribution in [0.4, 0.5) is 15.8 Å². The maximum absolute atomic E-state index is 13.5. The molecule has 7 heteroatoms. The van der Waals surface area contributed by atoms with E-state index in [1.165, 1.54) is 12.1 Å². The average Bonchev–Trinajstić information content (AvgIpc) is 2.90. The second kappa shape index (κ2) is 11.9. The number of carbonyl (C=O) groups is 2. The molecule has 36 heavy (non-hydrogen) atoms. The zero-order chi connectivity index (χ0) is 25.5. The lowest BCUT2D eigenvalue weighted by atomic mass is 9.89. The molecule has 0 atom stereocenters. The third kappa shape index (κ3) is 6.55. The number of piperidine rings is 1. The smallest absolute Gasteiger partial charge is 0.258 e. The van der Waals surface area contributed by atoms with E-state index >= 15 is 0 Å². The Labute approximate surface area is 212 Å². The molecular weight excluding hydrogens is 455 g/mol. The SMILES string of the molecule is CC(C)Nc1ccc(C(=O)N(CCN2CCC(C(=O)c3ccc(F)cc3)CC2)c2cccnc2)cc1. The summed E-state index contributed by atoms with van der Waals surface area (Å²) < 4.78 is 13.2. The first kappa shape index (κ1) is 25.5. The van der Waals surface area contributed by atoms with Crippen LogP contribution in [0.25, 0.3) is 0 Å². The number of rotatable bonds is 9. The molecule has 0 unspecified atom stereocenters. The standard InChI is InChI=1S/C29H33FN4O2/c1-21(2)32-26-11-7-24(8-12-26)29(36)34(27-4-3-15-31-20-27)19-18-33-16-13-23(14-17-33)28(35)22-5-9-25(30)10-6-22/h3-12,15,20-21,23,32H,13-14,16-19H2,1-2H3. The first-order valence-corrected chi connectivity index (χ1v) is 12.5. The molecule has 188 valence electrons. The summed E-state index contributed by atoms with van der Waals surface area (Å²) in [7, 11) is 0. The van der Waals surface area contributed by atoms with E-state index in [1.54, 1.807) is 29.4 Å². The van der Waals surface area contributed by atoms with Gasteiger partial charge in [0.2, 0.25) is 0 Å². The van der Waals surface area contributed by atoms with Crippen LogP contribution in [0.1, 0.15) is 47.4 Å². The zero-order valence-corrected chi connectivity index (χ0v) is 20.9. The predicted molar refractivity (Wildman–Crippen MR) is 141 cm³/mol. The summed E-state index contributed by atoms with van der Waals surface area (Å²) in [5.74, 6) is -0.379. The van der Waals surface area contributed by atoms with Gasteiger partial charge in [-0.25, -0.2) is 4.39 Å². The van der Waals surface area contributed by atoms with Gasteiger partial charge in [-0.05, 0) is 100 Å². The van der Waals surface area contributed by atoms with Crippen molar-refractivity contribution in [3.63, 3.8) is 0 Å². The van der Waals surface area contributed by atoms with E-state index in [0.717, 1.165) is 37.3 Å². The highest BCUT2D eigenvalue weighted by Gasteiger charge is 2.27. The molecule has 0 radical (unpaired) electrons. The van der Waals surface area contributed by atoms with Gasteiger partial charge in [-0.3, -0.25) is 14.6 Å². The molecule has 1 aliphatic heterocycles. The molecule has 1 fully saturated rings. The van der Waals surface area contributed by atoms with Gasteiger partial charge in [0, 0.05) is 48.1 Å². The predicted octanol–water partition coefficient (Wildman–Crippen LogP) is 5.28. The lowest BCUT2D eigenvalue weighted by Gasteiger charge is -2.33. The van der Waals surface area contributed by atoms with Gasteiger partial charge in [0.25, 0.3) is 5.91 Å². The van der Waals surface area contributed by atoms with Crippen LogP contribution in [0.2, 0.25) is 0 Å². The second-order valence-corrected chi connectivity index (χ2v) is 9.53. The Morgan fingerprint density at radius 1 is 1.03 bits per heavy atom. The number of hydrogen-bond donors (Lipinski definition) is 1. The second-order valence-electron chi connectivity index (χ2n) is 9.53. The molecule has 1 N–H and O–H groups in total. The van der Waals surface area contributed by atoms with Gasteiger partial charge in [0.1, 0.15) is 5.82 Å². The molecule has 1 saturated heterocycles. The molecule has 0 saturated carbocycles. The molecule has 0 bridgehead atoms. The number of Topliss-reactive ketones (excluding diaryl/α,β-unsaturated/α-hetero) is 1. The van der Waals surface area contributed by atoms with Crippen molar-refractivity contribution in [1.29, 1.82) is 0 Å². The van der Waals surface area contributed by atoms with Gasteiger partial charge < -0.3 is 15.1 Å². The summed E-state index contributed by atoms with van der Waals surface area (Å²) in [5, 5.41) is 3.34. The maximum atomic E-state index is 13.5. The van der Waals surface area contributed by atoms with Crippen molar-refractivity contribution in [3.05, 3.63) is 90.0 Å². The minimum Gasteiger partial charge on any atom is -0.383 e. The van der Waals surface area contributed by atoms with Crippen LogP contribution in [0.3, 0.4) is 0 Å². The average molecular weight is 489 g/mol. The van der Waals surface area contributed by atoms with Gasteiger partial charge in [0.15, 0.2) is 5.78 Å². The fourth-order valence-corrected chi connectivity index (χ4v) is 4.57. The number of ketones is 1. The summed E-state index contributed by atoms with van der Waals surface area (Å²) in [5.41, 5.74) is 2.93. The maximum Gasteiger partial charge on any atom is 0.258 e. The van der Waals surface area contributed by atoms with E-state index in [1.807, 2.05) is 36.4 Å². The van der Waals surface area contributed by atoms with Crippen molar-refractivity contribution >= 4 is 23.1 Å². The minimum atomic E-state index is -0.336. The number of carbonyl (C=O) groups excluding carboxylic acids is 2. The monoisotopic (exact) mass is 488 g/mol. The summed E-state index contributed by atoms with van der Waals surface area (Å²) in [4.78, 5) is 34.5. The number of hydrogen-bond acceptors (Lipinski definition) is 5.